The van der Waals surface area contributed by atoms with Crippen LogP contribution in [-0.2, 0) is 40.1 Å². The van der Waals surface area contributed by atoms with Gasteiger partial charge in [-0.1, -0.05) is 61.9 Å². The molecular weight excluding hydrogens is 376 g/mol. The molecule has 0 spiro atoms. The second kappa shape index (κ2) is 11.3. The van der Waals surface area contributed by atoms with Crippen LogP contribution >= 0.6 is 0 Å². The zero-order valence-electron chi connectivity index (χ0n) is 18.7. The number of hydrogen-bond donors (Lipinski definition) is 0. The molecular formula is C25H32N2O3. The lowest BCUT2D eigenvalue weighted by molar-refractivity contribution is -0.135. The molecule has 0 saturated carbocycles. The smallest absolute Gasteiger partial charge is 0.354 e. The largest absolute Gasteiger partial charge is 0.461 e. The molecule has 0 aliphatic carbocycles. The molecule has 1 amide bonds. The average Bonchev–Trinajstić information content (AvgIpc) is 2.74. The number of hydrazone groups is 1. The molecule has 0 heterocycles. The van der Waals surface area contributed by atoms with Crippen molar-refractivity contribution in [2.75, 3.05) is 6.61 Å². The van der Waals surface area contributed by atoms with Gasteiger partial charge in [0, 0.05) is 0 Å². The second-order valence-corrected chi connectivity index (χ2v) is 7.29. The van der Waals surface area contributed by atoms with Crippen molar-refractivity contribution in [1.82, 2.24) is 5.01 Å². The molecule has 0 bridgehead atoms. The van der Waals surface area contributed by atoms with Crippen molar-refractivity contribution >= 4 is 17.6 Å². The summed E-state index contributed by atoms with van der Waals surface area (Å²) >= 11 is 0. The number of benzene rings is 2. The quantitative estimate of drug-likeness (QED) is 0.345. The monoisotopic (exact) mass is 408 g/mol. The number of esters is 1. The van der Waals surface area contributed by atoms with E-state index in [0.29, 0.717) is 6.54 Å². The minimum atomic E-state index is -0.512. The van der Waals surface area contributed by atoms with E-state index < -0.39 is 5.97 Å². The molecule has 160 valence electrons. The van der Waals surface area contributed by atoms with Gasteiger partial charge >= 0.3 is 5.97 Å². The van der Waals surface area contributed by atoms with E-state index in [0.717, 1.165) is 24.0 Å². The third-order valence-corrected chi connectivity index (χ3v) is 4.97. The Labute approximate surface area is 179 Å². The summed E-state index contributed by atoms with van der Waals surface area (Å²) in [5, 5.41) is 5.73. The van der Waals surface area contributed by atoms with Crippen LogP contribution in [0.3, 0.4) is 0 Å². The summed E-state index contributed by atoms with van der Waals surface area (Å²) in [7, 11) is 0. The lowest BCUT2D eigenvalue weighted by Gasteiger charge is -2.21. The molecule has 0 radical (unpaired) electrons. The summed E-state index contributed by atoms with van der Waals surface area (Å²) in [6.45, 7) is 10.2. The Hall–Kier alpha value is -2.95. The molecule has 0 atom stereocenters. The van der Waals surface area contributed by atoms with E-state index >= 15 is 0 Å². The number of rotatable bonds is 9. The van der Waals surface area contributed by atoms with Crippen LogP contribution in [0.1, 0.15) is 55.5 Å². The summed E-state index contributed by atoms with van der Waals surface area (Å²) in [6, 6.07) is 13.9. The number of carbonyl (C=O) groups is 2. The van der Waals surface area contributed by atoms with Crippen molar-refractivity contribution in [2.45, 2.75) is 60.4 Å². The molecule has 5 heteroatoms. The molecule has 2 aromatic carbocycles. The van der Waals surface area contributed by atoms with Gasteiger partial charge in [-0.25, -0.2) is 9.80 Å². The second-order valence-electron chi connectivity index (χ2n) is 7.29. The SMILES string of the molecule is CCOC(=O)C(C)=NN(Cc1ccccc1)C(=O)Cc1c(CC)cc(C)cc1CC. The Morgan fingerprint density at radius 3 is 2.13 bits per heavy atom. The van der Waals surface area contributed by atoms with E-state index in [-0.39, 0.29) is 24.6 Å². The topological polar surface area (TPSA) is 59.0 Å². The van der Waals surface area contributed by atoms with Crippen LogP contribution in [0.15, 0.2) is 47.6 Å². The van der Waals surface area contributed by atoms with Crippen molar-refractivity contribution in [3.05, 3.63) is 70.3 Å². The van der Waals surface area contributed by atoms with Gasteiger partial charge in [0.25, 0.3) is 0 Å². The van der Waals surface area contributed by atoms with Gasteiger partial charge in [-0.2, -0.15) is 5.10 Å². The normalized spacial score (nSPS) is 11.3. The van der Waals surface area contributed by atoms with E-state index in [1.807, 2.05) is 30.3 Å². The fourth-order valence-corrected chi connectivity index (χ4v) is 3.47. The summed E-state index contributed by atoms with van der Waals surface area (Å²) in [5.74, 6) is -0.655. The summed E-state index contributed by atoms with van der Waals surface area (Å²) in [6.07, 6.45) is 1.97. The van der Waals surface area contributed by atoms with Gasteiger partial charge in [0.2, 0.25) is 5.91 Å². The molecule has 0 N–H and O–H groups in total. The highest BCUT2D eigenvalue weighted by atomic mass is 16.5. The van der Waals surface area contributed by atoms with Crippen molar-refractivity contribution in [3.8, 4) is 0 Å². The van der Waals surface area contributed by atoms with Crippen LogP contribution in [0.25, 0.3) is 0 Å². The van der Waals surface area contributed by atoms with Crippen molar-refractivity contribution < 1.29 is 14.3 Å². The lowest BCUT2D eigenvalue weighted by Crippen LogP contribution is -2.30. The summed E-state index contributed by atoms with van der Waals surface area (Å²) < 4.78 is 5.03. The van der Waals surface area contributed by atoms with Gasteiger partial charge in [-0.15, -0.1) is 0 Å². The highest BCUT2D eigenvalue weighted by Crippen LogP contribution is 2.21. The van der Waals surface area contributed by atoms with Gasteiger partial charge in [-0.3, -0.25) is 4.79 Å². The van der Waals surface area contributed by atoms with E-state index in [9.17, 15) is 9.59 Å². The molecule has 0 saturated heterocycles. The maximum absolute atomic E-state index is 13.3. The predicted octanol–water partition coefficient (Wildman–Crippen LogP) is 4.63. The van der Waals surface area contributed by atoms with E-state index in [4.69, 9.17) is 4.74 Å². The maximum atomic E-state index is 13.3. The summed E-state index contributed by atoms with van der Waals surface area (Å²) in [4.78, 5) is 25.4. The number of carbonyl (C=O) groups excluding carboxylic acids is 2. The number of hydrogen-bond acceptors (Lipinski definition) is 4. The van der Waals surface area contributed by atoms with Gasteiger partial charge in [0.05, 0.1) is 19.6 Å². The van der Waals surface area contributed by atoms with Gasteiger partial charge in [0.1, 0.15) is 5.71 Å². The number of nitrogens with zero attached hydrogens (tertiary/aromatic N) is 2. The Kier molecular flexibility index (Phi) is 8.78. The highest BCUT2D eigenvalue weighted by molar-refractivity contribution is 6.35. The van der Waals surface area contributed by atoms with Crippen LogP contribution < -0.4 is 0 Å². The molecule has 0 aromatic heterocycles. The van der Waals surface area contributed by atoms with Crippen LogP contribution in [0.5, 0.6) is 0 Å². The Morgan fingerprint density at radius 2 is 1.60 bits per heavy atom. The lowest BCUT2D eigenvalue weighted by atomic mass is 9.92. The Bertz CT molecular complexity index is 879. The minimum absolute atomic E-state index is 0.143. The first-order valence-electron chi connectivity index (χ1n) is 10.6. The average molecular weight is 409 g/mol. The Balaban J connectivity index is 2.37. The molecule has 30 heavy (non-hydrogen) atoms. The number of ether oxygens (including phenoxy) is 1. The van der Waals surface area contributed by atoms with Crippen LogP contribution in [0.2, 0.25) is 0 Å². The number of aryl methyl sites for hydroxylation is 3. The predicted molar refractivity (Wildman–Crippen MR) is 120 cm³/mol. The fraction of sp³-hybridized carbons (Fsp3) is 0.400. The van der Waals surface area contributed by atoms with Gasteiger partial charge < -0.3 is 4.74 Å². The first kappa shape index (κ1) is 23.3. The molecule has 0 aliphatic rings. The first-order valence-corrected chi connectivity index (χ1v) is 10.6. The van der Waals surface area contributed by atoms with Crippen LogP contribution in [-0.4, -0.2) is 29.2 Å². The van der Waals surface area contributed by atoms with Gasteiger partial charge in [-0.05, 0) is 55.9 Å². The summed E-state index contributed by atoms with van der Waals surface area (Å²) in [5.41, 5.74) is 5.75. The van der Waals surface area contributed by atoms with E-state index in [1.165, 1.54) is 21.7 Å². The molecule has 5 nitrogen and oxygen atoms in total. The molecule has 0 fully saturated rings. The molecule has 0 unspecified atom stereocenters. The Morgan fingerprint density at radius 1 is 1.00 bits per heavy atom. The van der Waals surface area contributed by atoms with Crippen molar-refractivity contribution in [3.63, 3.8) is 0 Å². The fourth-order valence-electron chi connectivity index (χ4n) is 3.47. The van der Waals surface area contributed by atoms with Crippen LogP contribution in [0, 0.1) is 6.92 Å². The molecule has 0 aliphatic heterocycles. The highest BCUT2D eigenvalue weighted by Gasteiger charge is 2.20. The third kappa shape index (κ3) is 6.28. The van der Waals surface area contributed by atoms with Crippen molar-refractivity contribution in [2.24, 2.45) is 5.10 Å². The molecule has 2 aromatic rings. The zero-order valence-corrected chi connectivity index (χ0v) is 18.7. The van der Waals surface area contributed by atoms with Crippen molar-refractivity contribution in [1.29, 1.82) is 0 Å². The number of amides is 1. The van der Waals surface area contributed by atoms with E-state index in [1.54, 1.807) is 13.8 Å². The molecule has 2 rings (SSSR count). The van der Waals surface area contributed by atoms with E-state index in [2.05, 4.69) is 38.0 Å². The first-order chi connectivity index (χ1) is 14.4. The standard InChI is InChI=1S/C25H32N2O3/c1-6-21-14-18(4)15-22(7-2)23(21)16-24(28)27(17-20-12-10-9-11-13-20)26-19(5)25(29)30-8-3/h9-15H,6-8,16-17H2,1-5H3. The minimum Gasteiger partial charge on any atom is -0.461 e. The maximum Gasteiger partial charge on any atom is 0.354 e. The van der Waals surface area contributed by atoms with Gasteiger partial charge in [0.15, 0.2) is 0 Å². The zero-order chi connectivity index (χ0) is 22.1. The third-order valence-electron chi connectivity index (χ3n) is 4.97. The van der Waals surface area contributed by atoms with Crippen LogP contribution in [0.4, 0.5) is 0 Å².